The van der Waals surface area contributed by atoms with E-state index in [0.29, 0.717) is 30.2 Å². The lowest BCUT2D eigenvalue weighted by Gasteiger charge is -2.37. The van der Waals surface area contributed by atoms with Crippen LogP contribution in [0, 0.1) is 11.8 Å². The monoisotopic (exact) mass is 530 g/mol. The van der Waals surface area contributed by atoms with E-state index in [9.17, 15) is 14.4 Å². The number of halogens is 1. The van der Waals surface area contributed by atoms with Crippen LogP contribution in [0.3, 0.4) is 0 Å². The molecule has 0 radical (unpaired) electrons. The lowest BCUT2D eigenvalue weighted by atomic mass is 10.1. The van der Waals surface area contributed by atoms with E-state index < -0.39 is 11.9 Å². The molecule has 1 unspecified atom stereocenters. The van der Waals surface area contributed by atoms with Gasteiger partial charge >= 0.3 is 5.97 Å². The Labute approximate surface area is 223 Å². The number of amides is 2. The third kappa shape index (κ3) is 8.05. The summed E-state index contributed by atoms with van der Waals surface area (Å²) in [6.07, 6.45) is 2.44. The molecule has 0 bridgehead atoms. The lowest BCUT2D eigenvalue weighted by molar-refractivity contribution is -0.128. The molecule has 2 amide bonds. The number of carbonyl (C=O) groups excluding carboxylic acids is 3. The average Bonchev–Trinajstić information content (AvgIpc) is 2.89. The van der Waals surface area contributed by atoms with Crippen molar-refractivity contribution in [1.82, 2.24) is 19.6 Å². The molecule has 1 aliphatic heterocycles. The number of aliphatic imine (C=N–C) groups is 1. The number of esters is 1. The topological polar surface area (TPSA) is 112 Å². The third-order valence-corrected chi connectivity index (χ3v) is 6.20. The summed E-state index contributed by atoms with van der Waals surface area (Å²) in [4.78, 5) is 48.6. The minimum Gasteiger partial charge on any atom is -0.465 e. The number of likely N-dealkylation sites (N-methyl/N-ethyl adjacent to an activating group) is 1. The average molecular weight is 531 g/mol. The van der Waals surface area contributed by atoms with Crippen molar-refractivity contribution in [2.24, 2.45) is 10.7 Å². The van der Waals surface area contributed by atoms with Gasteiger partial charge in [0.2, 0.25) is 6.41 Å². The van der Waals surface area contributed by atoms with Gasteiger partial charge in [0.25, 0.3) is 5.91 Å². The van der Waals surface area contributed by atoms with Crippen molar-refractivity contribution >= 4 is 36.6 Å². The summed E-state index contributed by atoms with van der Waals surface area (Å²) in [5.41, 5.74) is 7.14. The second-order valence-electron chi connectivity index (χ2n) is 8.75. The van der Waals surface area contributed by atoms with E-state index in [1.54, 1.807) is 31.0 Å². The Morgan fingerprint density at radius 3 is 2.70 bits per heavy atom. The number of rotatable bonds is 11. The highest BCUT2D eigenvalue weighted by molar-refractivity contribution is 6.31. The quantitative estimate of drug-likeness (QED) is 0.152. The van der Waals surface area contributed by atoms with E-state index in [-0.39, 0.29) is 36.2 Å². The number of carbonyl (C=O) groups is 3. The van der Waals surface area contributed by atoms with E-state index in [2.05, 4.69) is 28.5 Å². The normalized spacial score (nSPS) is 16.0. The predicted octanol–water partition coefficient (Wildman–Crippen LogP) is 1.75. The molecule has 10 nitrogen and oxygen atoms in total. The smallest absolute Gasteiger partial charge is 0.338 e. The standard InChI is InChI=1S/C26H35ClN6O4/c1-6-7-13-33(17-32-12-8-9-21(28)16-32)23(24(29-2)31(4)18-34)25(35)30(3)15-19-10-11-20(27)14-22(19)26(36)37-5/h10-11,14,18,21H,2,8-9,12-13,15-17,28H2,1,3-5H3/b24-23+. The van der Waals surface area contributed by atoms with Gasteiger partial charge in [0.15, 0.2) is 5.82 Å². The number of benzene rings is 1. The fraction of sp³-hybridized carbons (Fsp3) is 0.462. The molecule has 0 aliphatic carbocycles. The fourth-order valence-corrected chi connectivity index (χ4v) is 4.28. The molecule has 1 aromatic carbocycles. The number of likely N-dealkylation sites (tertiary alicyclic amines) is 1. The second-order valence-corrected chi connectivity index (χ2v) is 9.18. The van der Waals surface area contributed by atoms with E-state index in [1.807, 2.05) is 0 Å². The summed E-state index contributed by atoms with van der Waals surface area (Å²) < 4.78 is 4.88. The minimum absolute atomic E-state index is 0.0370. The van der Waals surface area contributed by atoms with Crippen LogP contribution in [-0.2, 0) is 20.9 Å². The Hall–Kier alpha value is -3.39. The van der Waals surface area contributed by atoms with Crippen LogP contribution in [0.25, 0.3) is 0 Å². The fourth-order valence-electron chi connectivity index (χ4n) is 4.11. The largest absolute Gasteiger partial charge is 0.465 e. The van der Waals surface area contributed by atoms with Gasteiger partial charge in [-0.15, -0.1) is 5.92 Å². The molecule has 0 spiro atoms. The molecule has 1 saturated heterocycles. The molecule has 1 aromatic rings. The summed E-state index contributed by atoms with van der Waals surface area (Å²) in [6.45, 7) is 7.45. The summed E-state index contributed by atoms with van der Waals surface area (Å²) in [5, 5.41) is 0.369. The minimum atomic E-state index is -0.565. The zero-order chi connectivity index (χ0) is 27.5. The molecule has 11 heteroatoms. The van der Waals surface area contributed by atoms with Gasteiger partial charge in [-0.1, -0.05) is 23.6 Å². The number of methoxy groups -OCH3 is 1. The predicted molar refractivity (Wildman–Crippen MR) is 143 cm³/mol. The Kier molecular flexibility index (Phi) is 11.6. The van der Waals surface area contributed by atoms with E-state index in [0.717, 1.165) is 19.4 Å². The van der Waals surface area contributed by atoms with E-state index >= 15 is 0 Å². The van der Waals surface area contributed by atoms with Crippen molar-refractivity contribution in [1.29, 1.82) is 0 Å². The first-order valence-electron chi connectivity index (χ1n) is 11.8. The summed E-state index contributed by atoms with van der Waals surface area (Å²) in [7, 11) is 4.37. The van der Waals surface area contributed by atoms with Gasteiger partial charge in [-0.2, -0.15) is 0 Å². The number of hydrogen-bond acceptors (Lipinski definition) is 8. The molecule has 37 heavy (non-hydrogen) atoms. The van der Waals surface area contributed by atoms with Crippen molar-refractivity contribution in [2.45, 2.75) is 32.4 Å². The van der Waals surface area contributed by atoms with Crippen LogP contribution in [0.2, 0.25) is 5.02 Å². The molecule has 2 rings (SSSR count). The van der Waals surface area contributed by atoms with E-state index in [4.69, 9.17) is 22.1 Å². The summed E-state index contributed by atoms with van der Waals surface area (Å²) >= 11 is 6.08. The van der Waals surface area contributed by atoms with Crippen LogP contribution in [0.5, 0.6) is 0 Å². The molecular weight excluding hydrogens is 496 g/mol. The SMILES string of the molecule is C=N/C(=C(/C(=O)N(C)Cc1ccc(Cl)cc1C(=O)OC)N(CC#CC)CN1CCCC(N)C1)N(C)C=O. The Morgan fingerprint density at radius 2 is 2.11 bits per heavy atom. The zero-order valence-corrected chi connectivity index (χ0v) is 22.6. The molecule has 2 N–H and O–H groups in total. The molecule has 1 heterocycles. The molecule has 1 fully saturated rings. The highest BCUT2D eigenvalue weighted by atomic mass is 35.5. The number of nitrogens with zero attached hydrogens (tertiary/aromatic N) is 5. The van der Waals surface area contributed by atoms with Crippen molar-refractivity contribution in [3.63, 3.8) is 0 Å². The highest BCUT2D eigenvalue weighted by Crippen LogP contribution is 2.22. The number of piperidine rings is 1. The maximum absolute atomic E-state index is 14.0. The van der Waals surface area contributed by atoms with Gasteiger partial charge < -0.3 is 25.2 Å². The summed E-state index contributed by atoms with van der Waals surface area (Å²) in [5.74, 6) is 4.98. The molecule has 0 aromatic heterocycles. The number of hydrogen-bond donors (Lipinski definition) is 1. The Bertz CT molecular complexity index is 1100. The van der Waals surface area contributed by atoms with E-state index in [1.165, 1.54) is 30.0 Å². The number of ether oxygens (including phenoxy) is 1. The molecule has 200 valence electrons. The Balaban J connectivity index is 2.52. The molecular formula is C26H35ClN6O4. The van der Waals surface area contributed by atoms with Gasteiger partial charge in [0.1, 0.15) is 5.70 Å². The first kappa shape index (κ1) is 29.8. The first-order valence-corrected chi connectivity index (χ1v) is 12.2. The van der Waals surface area contributed by atoms with Crippen LogP contribution >= 0.6 is 11.6 Å². The van der Waals surface area contributed by atoms with Gasteiger partial charge in [-0.3, -0.25) is 14.5 Å². The van der Waals surface area contributed by atoms with Crippen LogP contribution in [0.1, 0.15) is 35.7 Å². The molecule has 0 saturated carbocycles. The van der Waals surface area contributed by atoms with Gasteiger partial charge in [-0.05, 0) is 50.7 Å². The summed E-state index contributed by atoms with van der Waals surface area (Å²) in [6, 6.07) is 4.84. The van der Waals surface area contributed by atoms with Crippen LogP contribution in [0.4, 0.5) is 0 Å². The highest BCUT2D eigenvalue weighted by Gasteiger charge is 2.30. The second kappa shape index (κ2) is 14.4. The van der Waals surface area contributed by atoms with Crippen LogP contribution in [-0.4, -0.2) is 98.2 Å². The van der Waals surface area contributed by atoms with Crippen LogP contribution in [0.15, 0.2) is 34.7 Å². The van der Waals surface area contributed by atoms with Crippen molar-refractivity contribution in [2.75, 3.05) is 47.5 Å². The van der Waals surface area contributed by atoms with Crippen molar-refractivity contribution < 1.29 is 19.1 Å². The Morgan fingerprint density at radius 1 is 1.38 bits per heavy atom. The molecule has 1 aliphatic rings. The maximum Gasteiger partial charge on any atom is 0.338 e. The third-order valence-electron chi connectivity index (χ3n) is 5.96. The lowest BCUT2D eigenvalue weighted by Crippen LogP contribution is -2.49. The van der Waals surface area contributed by atoms with Crippen molar-refractivity contribution in [3.8, 4) is 11.8 Å². The zero-order valence-electron chi connectivity index (χ0n) is 21.9. The van der Waals surface area contributed by atoms with Crippen LogP contribution < -0.4 is 5.73 Å². The number of nitrogens with two attached hydrogens (primary N) is 1. The van der Waals surface area contributed by atoms with Gasteiger partial charge in [0.05, 0.1) is 25.9 Å². The van der Waals surface area contributed by atoms with Gasteiger partial charge in [0, 0.05) is 38.2 Å². The maximum atomic E-state index is 14.0. The van der Waals surface area contributed by atoms with Gasteiger partial charge in [-0.25, -0.2) is 9.79 Å². The molecule has 1 atom stereocenters. The van der Waals surface area contributed by atoms with Crippen molar-refractivity contribution in [3.05, 3.63) is 45.9 Å². The first-order chi connectivity index (χ1) is 17.7.